The van der Waals surface area contributed by atoms with Gasteiger partial charge in [-0.05, 0) is 30.7 Å². The van der Waals surface area contributed by atoms with Crippen LogP contribution in [-0.2, 0) is 16.0 Å². The van der Waals surface area contributed by atoms with Gasteiger partial charge in [0.1, 0.15) is 6.54 Å². The van der Waals surface area contributed by atoms with E-state index in [0.717, 1.165) is 38.9 Å². The molecule has 8 nitrogen and oxygen atoms in total. The molecule has 0 aromatic carbocycles. The number of piperidine rings is 1. The number of rotatable bonds is 8. The van der Waals surface area contributed by atoms with Crippen molar-refractivity contribution in [1.29, 1.82) is 0 Å². The molecular weight excluding hydrogens is 376 g/mol. The lowest BCUT2D eigenvalue weighted by molar-refractivity contribution is -0.127. The van der Waals surface area contributed by atoms with Gasteiger partial charge in [0, 0.05) is 51.7 Å². The fourth-order valence-corrected chi connectivity index (χ4v) is 3.62. The Bertz CT molecular complexity index is 639. The summed E-state index contributed by atoms with van der Waals surface area (Å²) in [7, 11) is 5.13. The summed E-state index contributed by atoms with van der Waals surface area (Å²) in [6, 6.07) is 4.45. The van der Waals surface area contributed by atoms with Crippen LogP contribution in [0.1, 0.15) is 17.7 Å². The molecule has 0 bridgehead atoms. The molecule has 1 aliphatic heterocycles. The number of amides is 2. The zero-order valence-corrected chi connectivity index (χ0v) is 17.8. The summed E-state index contributed by atoms with van der Waals surface area (Å²) in [5.74, 6) is 0.697. The van der Waals surface area contributed by atoms with Crippen LogP contribution < -0.4 is 16.0 Å². The third kappa shape index (κ3) is 7.85. The monoisotopic (exact) mass is 408 g/mol. The first-order valence-electron chi connectivity index (χ1n) is 9.68. The highest BCUT2D eigenvalue weighted by atomic mass is 32.1. The maximum Gasteiger partial charge on any atom is 0.243 e. The minimum atomic E-state index is -0.0280. The number of likely N-dealkylation sites (tertiary alicyclic amines) is 1. The van der Waals surface area contributed by atoms with Crippen molar-refractivity contribution in [1.82, 2.24) is 25.8 Å². The number of hydrogen-bond donors (Lipinski definition) is 3. The van der Waals surface area contributed by atoms with Crippen LogP contribution in [0.4, 0.5) is 0 Å². The first-order chi connectivity index (χ1) is 13.5. The fourth-order valence-electron chi connectivity index (χ4n) is 2.91. The number of nitrogens with one attached hydrogen (secondary N) is 3. The van der Waals surface area contributed by atoms with Crippen molar-refractivity contribution in [3.8, 4) is 0 Å². The van der Waals surface area contributed by atoms with E-state index >= 15 is 0 Å². The van der Waals surface area contributed by atoms with E-state index in [2.05, 4.69) is 43.4 Å². The first-order valence-corrected chi connectivity index (χ1v) is 10.6. The zero-order valence-electron chi connectivity index (χ0n) is 17.0. The van der Waals surface area contributed by atoms with E-state index in [4.69, 9.17) is 0 Å². The van der Waals surface area contributed by atoms with Crippen LogP contribution in [0.3, 0.4) is 0 Å². The smallest absolute Gasteiger partial charge is 0.243 e. The highest BCUT2D eigenvalue weighted by Gasteiger charge is 2.21. The molecule has 1 aromatic heterocycles. The molecule has 0 unspecified atom stereocenters. The summed E-state index contributed by atoms with van der Waals surface area (Å²) in [6.07, 6.45) is 2.79. The molecule has 0 spiro atoms. The number of carbonyl (C=O) groups excluding carboxylic acids is 2. The van der Waals surface area contributed by atoms with Crippen LogP contribution in [0.25, 0.3) is 0 Å². The average molecular weight is 409 g/mol. The number of likely N-dealkylation sites (N-methyl/N-ethyl adjacent to an activating group) is 2. The van der Waals surface area contributed by atoms with E-state index in [9.17, 15) is 9.59 Å². The molecule has 2 heterocycles. The quantitative estimate of drug-likeness (QED) is 0.420. The lowest BCUT2D eigenvalue weighted by Gasteiger charge is -2.32. The van der Waals surface area contributed by atoms with E-state index < -0.39 is 0 Å². The lowest BCUT2D eigenvalue weighted by Crippen LogP contribution is -2.50. The van der Waals surface area contributed by atoms with Gasteiger partial charge in [-0.25, -0.2) is 4.99 Å². The maximum absolute atomic E-state index is 11.9. The molecule has 28 heavy (non-hydrogen) atoms. The van der Waals surface area contributed by atoms with Crippen molar-refractivity contribution in [2.24, 2.45) is 4.99 Å². The Hall–Kier alpha value is -2.13. The summed E-state index contributed by atoms with van der Waals surface area (Å²) < 4.78 is 0. The lowest BCUT2D eigenvalue weighted by atomic mass is 10.1. The minimum absolute atomic E-state index is 0.0280. The highest BCUT2D eigenvalue weighted by Crippen LogP contribution is 2.10. The molecule has 0 atom stereocenters. The zero-order chi connectivity index (χ0) is 20.4. The Morgan fingerprint density at radius 2 is 2.07 bits per heavy atom. The molecular formula is C19H32N6O2S. The third-order valence-electron chi connectivity index (χ3n) is 4.69. The molecule has 1 fully saturated rings. The number of hydrogen-bond acceptors (Lipinski definition) is 5. The van der Waals surface area contributed by atoms with Crippen molar-refractivity contribution >= 4 is 29.1 Å². The third-order valence-corrected chi connectivity index (χ3v) is 5.63. The van der Waals surface area contributed by atoms with Gasteiger partial charge in [-0.15, -0.1) is 11.3 Å². The number of thiophene rings is 1. The van der Waals surface area contributed by atoms with E-state index in [1.165, 1.54) is 4.88 Å². The summed E-state index contributed by atoms with van der Waals surface area (Å²) >= 11 is 1.74. The van der Waals surface area contributed by atoms with Crippen molar-refractivity contribution in [3.63, 3.8) is 0 Å². The van der Waals surface area contributed by atoms with Crippen molar-refractivity contribution in [3.05, 3.63) is 22.4 Å². The van der Waals surface area contributed by atoms with Gasteiger partial charge in [0.2, 0.25) is 11.8 Å². The number of nitrogens with zero attached hydrogens (tertiary/aromatic N) is 3. The van der Waals surface area contributed by atoms with Gasteiger partial charge in [0.15, 0.2) is 5.96 Å². The summed E-state index contributed by atoms with van der Waals surface area (Å²) in [5, 5.41) is 11.6. The Kier molecular flexibility index (Phi) is 9.22. The van der Waals surface area contributed by atoms with E-state index in [1.54, 1.807) is 37.4 Å². The van der Waals surface area contributed by atoms with Crippen LogP contribution >= 0.6 is 11.3 Å². The van der Waals surface area contributed by atoms with Crippen molar-refractivity contribution < 1.29 is 9.59 Å². The molecule has 0 saturated carbocycles. The molecule has 156 valence electrons. The predicted molar refractivity (Wildman–Crippen MR) is 114 cm³/mol. The summed E-state index contributed by atoms with van der Waals surface area (Å²) in [4.78, 5) is 32.9. The van der Waals surface area contributed by atoms with Gasteiger partial charge >= 0.3 is 0 Å². The molecule has 0 aliphatic carbocycles. The normalized spacial score (nSPS) is 15.9. The van der Waals surface area contributed by atoms with Gasteiger partial charge in [-0.3, -0.25) is 14.5 Å². The van der Waals surface area contributed by atoms with Gasteiger partial charge in [-0.1, -0.05) is 6.07 Å². The topological polar surface area (TPSA) is 89.1 Å². The first kappa shape index (κ1) is 22.2. The average Bonchev–Trinajstić information content (AvgIpc) is 3.20. The van der Waals surface area contributed by atoms with Crippen LogP contribution in [0.2, 0.25) is 0 Å². The Labute approximate surface area is 171 Å². The fraction of sp³-hybridized carbons (Fsp3) is 0.632. The molecule has 2 amide bonds. The van der Waals surface area contributed by atoms with Crippen LogP contribution in [0, 0.1) is 0 Å². The summed E-state index contributed by atoms with van der Waals surface area (Å²) in [6.45, 7) is 3.06. The Balaban J connectivity index is 1.85. The van der Waals surface area contributed by atoms with Gasteiger partial charge in [-0.2, -0.15) is 0 Å². The van der Waals surface area contributed by atoms with E-state index in [1.807, 2.05) is 0 Å². The molecule has 9 heteroatoms. The highest BCUT2D eigenvalue weighted by molar-refractivity contribution is 7.09. The Morgan fingerprint density at radius 3 is 2.68 bits per heavy atom. The van der Waals surface area contributed by atoms with Gasteiger partial charge < -0.3 is 20.9 Å². The molecule has 2 rings (SSSR count). The summed E-state index contributed by atoms with van der Waals surface area (Å²) in [5.41, 5.74) is 0. The molecule has 1 aromatic rings. The second-order valence-electron chi connectivity index (χ2n) is 7.08. The minimum Gasteiger partial charge on any atom is -0.358 e. The predicted octanol–water partition coefficient (Wildman–Crippen LogP) is 0.124. The molecule has 3 N–H and O–H groups in total. The number of aliphatic imine (C=N–C) groups is 1. The molecule has 1 aliphatic rings. The largest absolute Gasteiger partial charge is 0.358 e. The van der Waals surface area contributed by atoms with Gasteiger partial charge in [0.05, 0.1) is 6.54 Å². The standard InChI is InChI=1S/C19H32N6O2S/c1-20-17(26)14-25-10-7-15(8-11-25)23-19(22-13-18(27)24(2)3)21-9-6-16-5-4-12-28-16/h4-5,12,15H,6-11,13-14H2,1-3H3,(H,20,26)(H2,21,22,23). The van der Waals surface area contributed by atoms with Crippen LogP contribution in [0.5, 0.6) is 0 Å². The van der Waals surface area contributed by atoms with Gasteiger partial charge in [0.25, 0.3) is 0 Å². The van der Waals surface area contributed by atoms with Crippen LogP contribution in [0.15, 0.2) is 22.5 Å². The van der Waals surface area contributed by atoms with E-state index in [0.29, 0.717) is 12.5 Å². The second kappa shape index (κ2) is 11.7. The van der Waals surface area contributed by atoms with Crippen molar-refractivity contribution in [2.45, 2.75) is 25.3 Å². The SMILES string of the molecule is CNC(=O)CN1CCC(NC(=NCC(=O)N(C)C)NCCc2cccs2)CC1. The van der Waals surface area contributed by atoms with Crippen molar-refractivity contribution in [2.75, 3.05) is 53.9 Å². The number of guanidine groups is 1. The second-order valence-corrected chi connectivity index (χ2v) is 8.11. The number of carbonyl (C=O) groups is 2. The Morgan fingerprint density at radius 1 is 1.32 bits per heavy atom. The van der Waals surface area contributed by atoms with E-state index in [-0.39, 0.29) is 24.4 Å². The van der Waals surface area contributed by atoms with Crippen LogP contribution in [-0.4, -0.2) is 87.5 Å². The molecule has 1 saturated heterocycles. The maximum atomic E-state index is 11.9. The molecule has 0 radical (unpaired) electrons.